The van der Waals surface area contributed by atoms with E-state index in [0.29, 0.717) is 12.4 Å². The SMILES string of the molecule is C=C(COc1ccccc1CO)c1ccccc1. The fourth-order valence-corrected chi connectivity index (χ4v) is 1.70. The quantitative estimate of drug-likeness (QED) is 0.869. The molecule has 0 bridgehead atoms. The van der Waals surface area contributed by atoms with Crippen LogP contribution in [-0.4, -0.2) is 11.7 Å². The van der Waals surface area contributed by atoms with Gasteiger partial charge in [0.2, 0.25) is 0 Å². The highest BCUT2D eigenvalue weighted by Gasteiger charge is 2.03. The second-order valence-corrected chi connectivity index (χ2v) is 4.02. The number of rotatable bonds is 5. The van der Waals surface area contributed by atoms with E-state index in [0.717, 1.165) is 16.7 Å². The molecule has 0 aliphatic heterocycles. The molecule has 0 fully saturated rings. The van der Waals surface area contributed by atoms with Crippen molar-refractivity contribution in [3.05, 3.63) is 72.3 Å². The zero-order valence-corrected chi connectivity index (χ0v) is 10.2. The Kier molecular flexibility index (Phi) is 4.15. The van der Waals surface area contributed by atoms with Gasteiger partial charge in [0.25, 0.3) is 0 Å². The van der Waals surface area contributed by atoms with E-state index in [4.69, 9.17) is 4.74 Å². The van der Waals surface area contributed by atoms with Gasteiger partial charge in [-0.2, -0.15) is 0 Å². The van der Waals surface area contributed by atoms with Gasteiger partial charge in [0.15, 0.2) is 0 Å². The third-order valence-corrected chi connectivity index (χ3v) is 2.73. The van der Waals surface area contributed by atoms with Crippen molar-refractivity contribution in [2.75, 3.05) is 6.61 Å². The molecule has 0 aromatic heterocycles. The van der Waals surface area contributed by atoms with Gasteiger partial charge in [-0.15, -0.1) is 0 Å². The van der Waals surface area contributed by atoms with Crippen LogP contribution in [0.3, 0.4) is 0 Å². The minimum Gasteiger partial charge on any atom is -0.489 e. The highest BCUT2D eigenvalue weighted by atomic mass is 16.5. The zero-order valence-electron chi connectivity index (χ0n) is 10.2. The first-order valence-electron chi connectivity index (χ1n) is 5.86. The molecule has 2 aromatic rings. The van der Waals surface area contributed by atoms with Crippen molar-refractivity contribution in [2.45, 2.75) is 6.61 Å². The van der Waals surface area contributed by atoms with Gasteiger partial charge in [-0.05, 0) is 17.2 Å². The Hall–Kier alpha value is -2.06. The summed E-state index contributed by atoms with van der Waals surface area (Å²) < 4.78 is 5.68. The highest BCUT2D eigenvalue weighted by Crippen LogP contribution is 2.20. The number of aliphatic hydroxyl groups excluding tert-OH is 1. The maximum absolute atomic E-state index is 9.20. The maximum Gasteiger partial charge on any atom is 0.125 e. The van der Waals surface area contributed by atoms with Crippen molar-refractivity contribution in [3.63, 3.8) is 0 Å². The van der Waals surface area contributed by atoms with E-state index in [1.165, 1.54) is 0 Å². The van der Waals surface area contributed by atoms with Gasteiger partial charge >= 0.3 is 0 Å². The second-order valence-electron chi connectivity index (χ2n) is 4.02. The van der Waals surface area contributed by atoms with E-state index < -0.39 is 0 Å². The molecule has 0 unspecified atom stereocenters. The van der Waals surface area contributed by atoms with Crippen LogP contribution >= 0.6 is 0 Å². The lowest BCUT2D eigenvalue weighted by Crippen LogP contribution is -2.02. The molecule has 0 amide bonds. The summed E-state index contributed by atoms with van der Waals surface area (Å²) in [5.74, 6) is 0.706. The van der Waals surface area contributed by atoms with Crippen molar-refractivity contribution in [3.8, 4) is 5.75 Å². The molecule has 0 saturated carbocycles. The second kappa shape index (κ2) is 6.03. The van der Waals surface area contributed by atoms with Crippen molar-refractivity contribution in [2.24, 2.45) is 0 Å². The minimum absolute atomic E-state index is 0.0199. The largest absolute Gasteiger partial charge is 0.489 e. The maximum atomic E-state index is 9.20. The molecule has 0 aliphatic carbocycles. The van der Waals surface area contributed by atoms with Gasteiger partial charge < -0.3 is 9.84 Å². The van der Waals surface area contributed by atoms with Gasteiger partial charge in [0.1, 0.15) is 12.4 Å². The van der Waals surface area contributed by atoms with Crippen LogP contribution in [0, 0.1) is 0 Å². The molecule has 2 aromatic carbocycles. The predicted octanol–water partition coefficient (Wildman–Crippen LogP) is 3.27. The molecule has 2 heteroatoms. The third-order valence-electron chi connectivity index (χ3n) is 2.73. The lowest BCUT2D eigenvalue weighted by Gasteiger charge is -2.11. The Labute approximate surface area is 107 Å². The fourth-order valence-electron chi connectivity index (χ4n) is 1.70. The molecule has 2 nitrogen and oxygen atoms in total. The zero-order chi connectivity index (χ0) is 12.8. The molecular weight excluding hydrogens is 224 g/mol. The van der Waals surface area contributed by atoms with Gasteiger partial charge in [0.05, 0.1) is 6.61 Å². The summed E-state index contributed by atoms with van der Waals surface area (Å²) in [4.78, 5) is 0. The van der Waals surface area contributed by atoms with Crippen molar-refractivity contribution < 1.29 is 9.84 Å². The summed E-state index contributed by atoms with van der Waals surface area (Å²) in [6.07, 6.45) is 0. The lowest BCUT2D eigenvalue weighted by atomic mass is 10.1. The normalized spacial score (nSPS) is 10.1. The molecule has 0 atom stereocenters. The number of hydrogen-bond acceptors (Lipinski definition) is 2. The molecule has 0 saturated heterocycles. The topological polar surface area (TPSA) is 29.5 Å². The Morgan fingerprint density at radius 1 is 1.00 bits per heavy atom. The van der Waals surface area contributed by atoms with E-state index in [9.17, 15) is 5.11 Å². The molecule has 0 aliphatic rings. The summed E-state index contributed by atoms with van der Waals surface area (Å²) in [6.45, 7) is 4.41. The Bertz CT molecular complexity index is 518. The van der Waals surface area contributed by atoms with Crippen LogP contribution in [-0.2, 0) is 6.61 Å². The molecule has 2 rings (SSSR count). The summed E-state index contributed by atoms with van der Waals surface area (Å²) in [5.41, 5.74) is 2.78. The van der Waals surface area contributed by atoms with Crippen LogP contribution in [0.1, 0.15) is 11.1 Å². The van der Waals surface area contributed by atoms with E-state index in [-0.39, 0.29) is 6.61 Å². The minimum atomic E-state index is -0.0199. The van der Waals surface area contributed by atoms with E-state index in [1.807, 2.05) is 54.6 Å². The number of benzene rings is 2. The summed E-state index contributed by atoms with van der Waals surface area (Å²) in [5, 5.41) is 9.20. The number of ether oxygens (including phenoxy) is 1. The van der Waals surface area contributed by atoms with Crippen LogP contribution in [0.15, 0.2) is 61.2 Å². The van der Waals surface area contributed by atoms with E-state index in [1.54, 1.807) is 0 Å². The first kappa shape index (κ1) is 12.4. The van der Waals surface area contributed by atoms with Crippen LogP contribution in [0.4, 0.5) is 0 Å². The fraction of sp³-hybridized carbons (Fsp3) is 0.125. The summed E-state index contributed by atoms with van der Waals surface area (Å²) in [6, 6.07) is 17.4. The van der Waals surface area contributed by atoms with Crippen molar-refractivity contribution >= 4 is 5.57 Å². The molecule has 0 spiro atoms. The third kappa shape index (κ3) is 2.99. The molecule has 0 radical (unpaired) electrons. The Balaban J connectivity index is 2.02. The smallest absolute Gasteiger partial charge is 0.125 e. The lowest BCUT2D eigenvalue weighted by molar-refractivity contribution is 0.270. The number of para-hydroxylation sites is 1. The van der Waals surface area contributed by atoms with Crippen molar-refractivity contribution in [1.29, 1.82) is 0 Å². The van der Waals surface area contributed by atoms with Crippen LogP contribution in [0.2, 0.25) is 0 Å². The first-order chi connectivity index (χ1) is 8.81. The van der Waals surface area contributed by atoms with Gasteiger partial charge in [-0.1, -0.05) is 55.1 Å². The number of hydrogen-bond donors (Lipinski definition) is 1. The molecule has 18 heavy (non-hydrogen) atoms. The van der Waals surface area contributed by atoms with Gasteiger partial charge in [-0.25, -0.2) is 0 Å². The van der Waals surface area contributed by atoms with Gasteiger partial charge in [-0.3, -0.25) is 0 Å². The van der Waals surface area contributed by atoms with Gasteiger partial charge in [0, 0.05) is 5.56 Å². The monoisotopic (exact) mass is 240 g/mol. The van der Waals surface area contributed by atoms with Crippen LogP contribution < -0.4 is 4.74 Å². The molecule has 1 N–H and O–H groups in total. The Morgan fingerprint density at radius 2 is 1.67 bits per heavy atom. The predicted molar refractivity (Wildman–Crippen MR) is 73.3 cm³/mol. The average Bonchev–Trinajstić information content (AvgIpc) is 2.46. The average molecular weight is 240 g/mol. The Morgan fingerprint density at radius 3 is 2.39 bits per heavy atom. The standard InChI is InChI=1S/C16H16O2/c1-13(14-7-3-2-4-8-14)12-18-16-10-6-5-9-15(16)11-17/h2-10,17H,1,11-12H2. The van der Waals surface area contributed by atoms with E-state index in [2.05, 4.69) is 6.58 Å². The van der Waals surface area contributed by atoms with Crippen molar-refractivity contribution in [1.82, 2.24) is 0 Å². The summed E-state index contributed by atoms with van der Waals surface area (Å²) in [7, 11) is 0. The molecule has 0 heterocycles. The van der Waals surface area contributed by atoms with Crippen LogP contribution in [0.25, 0.3) is 5.57 Å². The highest BCUT2D eigenvalue weighted by molar-refractivity contribution is 5.64. The molecule has 92 valence electrons. The van der Waals surface area contributed by atoms with E-state index >= 15 is 0 Å². The number of aliphatic hydroxyl groups is 1. The van der Waals surface area contributed by atoms with Crippen LogP contribution in [0.5, 0.6) is 5.75 Å². The molecular formula is C16H16O2. The first-order valence-corrected chi connectivity index (χ1v) is 5.86. The summed E-state index contributed by atoms with van der Waals surface area (Å²) >= 11 is 0.